The van der Waals surface area contributed by atoms with Crippen LogP contribution in [0.3, 0.4) is 0 Å². The first-order valence-electron chi connectivity index (χ1n) is 11.2. The molecule has 5 N–H and O–H groups in total. The number of benzene rings is 1. The van der Waals surface area contributed by atoms with Crippen LogP contribution in [0.15, 0.2) is 24.3 Å². The molecule has 3 atom stereocenters. The minimum atomic E-state index is -1.75. The third-order valence-electron chi connectivity index (χ3n) is 6.34. The first-order valence-corrected chi connectivity index (χ1v) is 11.2. The molecule has 32 heavy (non-hydrogen) atoms. The van der Waals surface area contributed by atoms with Crippen LogP contribution in [-0.4, -0.2) is 60.6 Å². The summed E-state index contributed by atoms with van der Waals surface area (Å²) in [7, 11) is 0. The molecule has 3 rings (SSSR count). The van der Waals surface area contributed by atoms with Gasteiger partial charge in [-0.15, -0.1) is 0 Å². The maximum Gasteiger partial charge on any atom is 0.248 e. The van der Waals surface area contributed by atoms with E-state index in [4.69, 9.17) is 10.5 Å². The Labute approximate surface area is 188 Å². The molecule has 0 bridgehead atoms. The molecule has 176 valence electrons. The van der Waals surface area contributed by atoms with Gasteiger partial charge in [-0.05, 0) is 24.3 Å². The maximum absolute atomic E-state index is 14.1. The first kappa shape index (κ1) is 24.3. The fourth-order valence-electron chi connectivity index (χ4n) is 4.71. The van der Waals surface area contributed by atoms with Crippen LogP contribution in [0.5, 0.6) is 0 Å². The quantitative estimate of drug-likeness (QED) is 0.338. The first-order chi connectivity index (χ1) is 15.3. The molecule has 1 aromatic rings. The summed E-state index contributed by atoms with van der Waals surface area (Å²) < 4.78 is 5.39. The topological polar surface area (TPSA) is 134 Å². The second kappa shape index (κ2) is 10.5. The smallest absolute Gasteiger partial charge is 0.248 e. The summed E-state index contributed by atoms with van der Waals surface area (Å²) in [6.07, 6.45) is 1.10. The van der Waals surface area contributed by atoms with E-state index >= 15 is 0 Å². The van der Waals surface area contributed by atoms with Gasteiger partial charge >= 0.3 is 0 Å². The highest BCUT2D eigenvalue weighted by Crippen LogP contribution is 2.33. The monoisotopic (exact) mass is 446 g/mol. The Hall–Kier alpha value is -2.33. The number of hydrogen-bond donors (Lipinski definition) is 4. The van der Waals surface area contributed by atoms with Gasteiger partial charge in [-0.3, -0.25) is 30.2 Å². The summed E-state index contributed by atoms with van der Waals surface area (Å²) in [6, 6.07) is 7.27. The minimum Gasteiger partial charge on any atom is -0.379 e. The van der Waals surface area contributed by atoms with Crippen molar-refractivity contribution in [1.29, 1.82) is 0 Å². The lowest BCUT2D eigenvalue weighted by molar-refractivity contribution is -0.145. The molecule has 9 nitrogen and oxygen atoms in total. The molecule has 0 saturated carbocycles. The number of fused-ring (bicyclic) bond motifs is 1. The van der Waals surface area contributed by atoms with Gasteiger partial charge in [-0.2, -0.15) is 0 Å². The number of morpholine rings is 1. The number of nitrogens with zero attached hydrogens (tertiary/aromatic N) is 1. The second-order valence-electron chi connectivity index (χ2n) is 9.11. The third-order valence-corrected chi connectivity index (χ3v) is 6.34. The van der Waals surface area contributed by atoms with E-state index in [1.54, 1.807) is 17.6 Å². The highest BCUT2D eigenvalue weighted by molar-refractivity contribution is 5.98. The molecule has 2 aliphatic heterocycles. The zero-order valence-electron chi connectivity index (χ0n) is 18.8. The highest BCUT2D eigenvalue weighted by atomic mass is 16.5. The van der Waals surface area contributed by atoms with Gasteiger partial charge in [0.25, 0.3) is 0 Å². The highest BCUT2D eigenvalue weighted by Gasteiger charge is 2.47. The summed E-state index contributed by atoms with van der Waals surface area (Å²) in [4.78, 5) is 41.4. The SMILES string of the molecule is CC(C)C[C@@H](C(=O)[C@@]1(N)NC(=O)CCc2ccccc21)[C@H](CN1CCOCC1)C(=O)NO. The summed E-state index contributed by atoms with van der Waals surface area (Å²) in [5.74, 6) is -2.91. The average Bonchev–Trinajstić information content (AvgIpc) is 2.92. The standard InChI is InChI=1S/C23H34N4O5/c1-15(2)13-17(18(22(30)26-31)14-27-9-11-32-12-10-27)21(29)23(24)19-6-4-3-5-16(19)7-8-20(28)25-23/h3-6,15,17-18,31H,7-14,24H2,1-2H3,(H,25,28)(H,26,30)/t17-,18+,23+/m1/s1. The van der Waals surface area contributed by atoms with Gasteiger partial charge in [0.05, 0.1) is 19.1 Å². The molecule has 9 heteroatoms. The number of ketones is 1. The predicted octanol–water partition coefficient (Wildman–Crippen LogP) is 0.546. The average molecular weight is 447 g/mol. The van der Waals surface area contributed by atoms with E-state index in [-0.39, 0.29) is 24.8 Å². The van der Waals surface area contributed by atoms with Gasteiger partial charge in [0, 0.05) is 37.5 Å². The van der Waals surface area contributed by atoms with Crippen molar-refractivity contribution in [2.45, 2.75) is 38.8 Å². The molecule has 0 aliphatic carbocycles. The van der Waals surface area contributed by atoms with Crippen LogP contribution >= 0.6 is 0 Å². The zero-order chi connectivity index (χ0) is 23.3. The number of rotatable bonds is 8. The van der Waals surface area contributed by atoms with Gasteiger partial charge in [-0.1, -0.05) is 38.1 Å². The molecule has 1 saturated heterocycles. The Morgan fingerprint density at radius 1 is 1.22 bits per heavy atom. The van der Waals surface area contributed by atoms with Crippen molar-refractivity contribution < 1.29 is 24.3 Å². The van der Waals surface area contributed by atoms with Crippen LogP contribution < -0.4 is 16.5 Å². The molecular formula is C23H34N4O5. The van der Waals surface area contributed by atoms with Crippen molar-refractivity contribution in [3.63, 3.8) is 0 Å². The molecule has 2 amide bonds. The molecule has 0 radical (unpaired) electrons. The van der Waals surface area contributed by atoms with E-state index in [1.807, 2.05) is 30.9 Å². The molecule has 0 unspecified atom stereocenters. The summed E-state index contributed by atoms with van der Waals surface area (Å²) in [6.45, 7) is 6.55. The number of carbonyl (C=O) groups excluding carboxylic acids is 3. The summed E-state index contributed by atoms with van der Waals surface area (Å²) >= 11 is 0. The molecule has 0 aromatic heterocycles. The number of amides is 2. The number of carbonyl (C=O) groups is 3. The Morgan fingerprint density at radius 3 is 2.56 bits per heavy atom. The van der Waals surface area contributed by atoms with Crippen LogP contribution in [-0.2, 0) is 31.2 Å². The number of ether oxygens (including phenoxy) is 1. The van der Waals surface area contributed by atoms with Crippen LogP contribution in [0.1, 0.15) is 37.8 Å². The van der Waals surface area contributed by atoms with E-state index in [9.17, 15) is 19.6 Å². The lowest BCUT2D eigenvalue weighted by Gasteiger charge is -2.38. The van der Waals surface area contributed by atoms with Gasteiger partial charge < -0.3 is 10.1 Å². The molecule has 2 aliphatic rings. The van der Waals surface area contributed by atoms with Crippen molar-refractivity contribution in [1.82, 2.24) is 15.7 Å². The van der Waals surface area contributed by atoms with Gasteiger partial charge in [0.15, 0.2) is 11.4 Å². The molecule has 1 fully saturated rings. The van der Waals surface area contributed by atoms with E-state index in [0.717, 1.165) is 5.56 Å². The Kier molecular flexibility index (Phi) is 8.00. The van der Waals surface area contributed by atoms with Gasteiger partial charge in [0.2, 0.25) is 11.8 Å². The normalized spacial score (nSPS) is 23.6. The van der Waals surface area contributed by atoms with Crippen LogP contribution in [0.4, 0.5) is 0 Å². The largest absolute Gasteiger partial charge is 0.379 e. The Bertz CT molecular complexity index is 839. The summed E-state index contributed by atoms with van der Waals surface area (Å²) in [5.41, 5.74) is 8.07. The minimum absolute atomic E-state index is 0.0861. The van der Waals surface area contributed by atoms with E-state index in [1.165, 1.54) is 0 Å². The molecule has 0 spiro atoms. The molecule has 1 aromatic carbocycles. The van der Waals surface area contributed by atoms with Crippen molar-refractivity contribution >= 4 is 17.6 Å². The van der Waals surface area contributed by atoms with Crippen LogP contribution in [0.25, 0.3) is 0 Å². The van der Waals surface area contributed by atoms with Crippen LogP contribution in [0, 0.1) is 17.8 Å². The maximum atomic E-state index is 14.1. The predicted molar refractivity (Wildman–Crippen MR) is 117 cm³/mol. The summed E-state index contributed by atoms with van der Waals surface area (Å²) in [5, 5.41) is 12.2. The third kappa shape index (κ3) is 5.35. The molecular weight excluding hydrogens is 412 g/mol. The number of hydrogen-bond acceptors (Lipinski definition) is 7. The van der Waals surface area contributed by atoms with E-state index in [0.29, 0.717) is 44.7 Å². The lowest BCUT2D eigenvalue weighted by atomic mass is 9.75. The Balaban J connectivity index is 2.01. The van der Waals surface area contributed by atoms with Crippen molar-refractivity contribution in [3.05, 3.63) is 35.4 Å². The van der Waals surface area contributed by atoms with Gasteiger partial charge in [0.1, 0.15) is 0 Å². The zero-order valence-corrected chi connectivity index (χ0v) is 18.8. The van der Waals surface area contributed by atoms with Crippen molar-refractivity contribution in [2.24, 2.45) is 23.5 Å². The van der Waals surface area contributed by atoms with Crippen molar-refractivity contribution in [3.8, 4) is 0 Å². The number of aryl methyl sites for hydroxylation is 1. The Morgan fingerprint density at radius 2 is 1.91 bits per heavy atom. The fraction of sp³-hybridized carbons (Fsp3) is 0.609. The van der Waals surface area contributed by atoms with Crippen molar-refractivity contribution in [2.75, 3.05) is 32.8 Å². The number of hydroxylamine groups is 1. The second-order valence-corrected chi connectivity index (χ2v) is 9.11. The van der Waals surface area contributed by atoms with Crippen LogP contribution in [0.2, 0.25) is 0 Å². The molecule has 2 heterocycles. The fourth-order valence-corrected chi connectivity index (χ4v) is 4.71. The van der Waals surface area contributed by atoms with E-state index < -0.39 is 29.2 Å². The number of nitrogens with one attached hydrogen (secondary N) is 2. The number of Topliss-reactive ketones (excluding diaryl/α,β-unsaturated/α-hetero) is 1. The van der Waals surface area contributed by atoms with Gasteiger partial charge in [-0.25, -0.2) is 5.48 Å². The lowest BCUT2D eigenvalue weighted by Crippen LogP contribution is -2.62. The van der Waals surface area contributed by atoms with E-state index in [2.05, 4.69) is 5.32 Å². The number of nitrogens with two attached hydrogens (primary N) is 1.